The van der Waals surface area contributed by atoms with E-state index < -0.39 is 0 Å². The molecule has 1 nitrogen and oxygen atoms in total. The Morgan fingerprint density at radius 2 is 2.00 bits per heavy atom. The van der Waals surface area contributed by atoms with E-state index in [1.54, 1.807) is 5.57 Å². The number of rotatable bonds is 5. The van der Waals surface area contributed by atoms with Gasteiger partial charge in [0.1, 0.15) is 0 Å². The van der Waals surface area contributed by atoms with Gasteiger partial charge >= 0.3 is 0 Å². The summed E-state index contributed by atoms with van der Waals surface area (Å²) in [5.41, 5.74) is 4.57. The molecule has 2 rings (SSSR count). The lowest BCUT2D eigenvalue weighted by Crippen LogP contribution is -2.28. The molecule has 0 spiro atoms. The number of hydrogen-bond acceptors (Lipinski definition) is 1. The molecule has 0 saturated carbocycles. The molecule has 0 heterocycles. The van der Waals surface area contributed by atoms with Crippen LogP contribution in [0.4, 0.5) is 0 Å². The summed E-state index contributed by atoms with van der Waals surface area (Å²) in [5, 5.41) is 3.52. The number of hydrogen-bond donors (Lipinski definition) is 1. The number of benzene rings is 1. The molecule has 1 heteroatoms. The predicted molar refractivity (Wildman–Crippen MR) is 83.5 cm³/mol. The summed E-state index contributed by atoms with van der Waals surface area (Å²) < 4.78 is 0. The zero-order valence-corrected chi connectivity index (χ0v) is 12.4. The number of likely N-dealkylation sites (N-methyl/N-ethyl adjacent to an activating group) is 1. The Morgan fingerprint density at radius 3 is 2.79 bits per heavy atom. The monoisotopic (exact) mass is 257 g/mol. The van der Waals surface area contributed by atoms with Crippen molar-refractivity contribution in [3.63, 3.8) is 0 Å². The van der Waals surface area contributed by atoms with Crippen LogP contribution in [0.2, 0.25) is 0 Å². The van der Waals surface area contributed by atoms with E-state index in [4.69, 9.17) is 0 Å². The minimum atomic E-state index is 0.567. The third kappa shape index (κ3) is 4.21. The van der Waals surface area contributed by atoms with Gasteiger partial charge in [-0.1, -0.05) is 42.3 Å². The average Bonchev–Trinajstić information content (AvgIpc) is 2.71. The molecular weight excluding hydrogens is 230 g/mol. The van der Waals surface area contributed by atoms with E-state index in [0.29, 0.717) is 6.04 Å². The van der Waals surface area contributed by atoms with Crippen LogP contribution in [0.5, 0.6) is 0 Å². The van der Waals surface area contributed by atoms with Gasteiger partial charge in [0.25, 0.3) is 0 Å². The Labute approximate surface area is 118 Å². The second kappa shape index (κ2) is 7.49. The topological polar surface area (TPSA) is 12.0 Å². The minimum Gasteiger partial charge on any atom is -0.313 e. The second-order valence-electron chi connectivity index (χ2n) is 5.68. The predicted octanol–water partition coefficient (Wildman–Crippen LogP) is 4.41. The molecule has 0 saturated heterocycles. The van der Waals surface area contributed by atoms with Crippen LogP contribution in [0.1, 0.15) is 49.7 Å². The maximum atomic E-state index is 3.52. The van der Waals surface area contributed by atoms with Gasteiger partial charge in [-0.25, -0.2) is 0 Å². The molecule has 1 unspecified atom stereocenters. The third-order valence-corrected chi connectivity index (χ3v) is 4.34. The molecule has 1 aromatic carbocycles. The van der Waals surface area contributed by atoms with Crippen LogP contribution in [-0.2, 0) is 6.42 Å². The first-order valence-electron chi connectivity index (χ1n) is 7.72. The second-order valence-corrected chi connectivity index (χ2v) is 5.68. The summed E-state index contributed by atoms with van der Waals surface area (Å²) in [6.45, 7) is 2.22. The zero-order valence-electron chi connectivity index (χ0n) is 12.4. The van der Waals surface area contributed by atoms with Crippen molar-refractivity contribution in [2.75, 3.05) is 7.05 Å². The first kappa shape index (κ1) is 14.3. The average molecular weight is 257 g/mol. The van der Waals surface area contributed by atoms with Crippen LogP contribution in [0, 0.1) is 6.92 Å². The molecule has 1 aliphatic carbocycles. The maximum Gasteiger partial charge on any atom is 0.0279 e. The lowest BCUT2D eigenvalue weighted by Gasteiger charge is -2.20. The molecule has 0 aromatic heterocycles. The van der Waals surface area contributed by atoms with Gasteiger partial charge in [0, 0.05) is 6.04 Å². The van der Waals surface area contributed by atoms with E-state index in [2.05, 4.69) is 49.6 Å². The van der Waals surface area contributed by atoms with E-state index in [9.17, 15) is 0 Å². The van der Waals surface area contributed by atoms with E-state index in [0.717, 1.165) is 0 Å². The fourth-order valence-corrected chi connectivity index (χ4v) is 3.06. The maximum absolute atomic E-state index is 3.52. The molecular formula is C18H27N. The van der Waals surface area contributed by atoms with Crippen LogP contribution >= 0.6 is 0 Å². The first-order valence-corrected chi connectivity index (χ1v) is 7.72. The lowest BCUT2D eigenvalue weighted by atomic mass is 9.94. The third-order valence-electron chi connectivity index (χ3n) is 4.34. The van der Waals surface area contributed by atoms with Gasteiger partial charge in [0.05, 0.1) is 0 Å². The van der Waals surface area contributed by atoms with E-state index in [-0.39, 0.29) is 0 Å². The highest BCUT2D eigenvalue weighted by Crippen LogP contribution is 2.22. The van der Waals surface area contributed by atoms with Crippen molar-refractivity contribution in [2.24, 2.45) is 0 Å². The Morgan fingerprint density at radius 1 is 1.16 bits per heavy atom. The summed E-state index contributed by atoms with van der Waals surface area (Å²) in [5.74, 6) is 0. The van der Waals surface area contributed by atoms with E-state index in [1.807, 2.05) is 0 Å². The molecule has 19 heavy (non-hydrogen) atoms. The van der Waals surface area contributed by atoms with Gasteiger partial charge in [0.15, 0.2) is 0 Å². The van der Waals surface area contributed by atoms with E-state index in [1.165, 1.54) is 56.1 Å². The van der Waals surface area contributed by atoms with Crippen molar-refractivity contribution >= 4 is 0 Å². The van der Waals surface area contributed by atoms with Gasteiger partial charge in [-0.05, 0) is 63.6 Å². The summed E-state index contributed by atoms with van der Waals surface area (Å²) in [6, 6.07) is 9.33. The van der Waals surface area contributed by atoms with Gasteiger partial charge in [-0.3, -0.25) is 0 Å². The molecule has 1 aliphatic rings. The Balaban J connectivity index is 1.95. The molecule has 0 bridgehead atoms. The van der Waals surface area contributed by atoms with Crippen molar-refractivity contribution in [3.05, 3.63) is 47.0 Å². The minimum absolute atomic E-state index is 0.567. The zero-order chi connectivity index (χ0) is 13.5. The van der Waals surface area contributed by atoms with Crippen molar-refractivity contribution < 1.29 is 0 Å². The summed E-state index contributed by atoms with van der Waals surface area (Å²) in [7, 11) is 2.11. The molecule has 0 radical (unpaired) electrons. The number of aryl methyl sites for hydroxylation is 2. The Kier molecular flexibility index (Phi) is 5.65. The Bertz CT molecular complexity index is 419. The van der Waals surface area contributed by atoms with Crippen LogP contribution in [0.25, 0.3) is 0 Å². The summed E-state index contributed by atoms with van der Waals surface area (Å²) in [4.78, 5) is 0. The molecule has 104 valence electrons. The van der Waals surface area contributed by atoms with Crippen LogP contribution in [0.15, 0.2) is 35.9 Å². The van der Waals surface area contributed by atoms with Crippen molar-refractivity contribution in [1.82, 2.24) is 5.32 Å². The van der Waals surface area contributed by atoms with Crippen molar-refractivity contribution in [1.29, 1.82) is 0 Å². The highest BCUT2D eigenvalue weighted by molar-refractivity contribution is 5.26. The lowest BCUT2D eigenvalue weighted by molar-refractivity contribution is 0.561. The van der Waals surface area contributed by atoms with Gasteiger partial charge < -0.3 is 5.32 Å². The van der Waals surface area contributed by atoms with Crippen LogP contribution < -0.4 is 5.32 Å². The molecule has 0 fully saturated rings. The van der Waals surface area contributed by atoms with Crippen LogP contribution in [-0.4, -0.2) is 13.1 Å². The fourth-order valence-electron chi connectivity index (χ4n) is 3.06. The van der Waals surface area contributed by atoms with Crippen molar-refractivity contribution in [3.8, 4) is 0 Å². The Hall–Kier alpha value is -1.08. The summed E-state index contributed by atoms with van der Waals surface area (Å²) in [6.07, 6.45) is 11.6. The van der Waals surface area contributed by atoms with Gasteiger partial charge in [0.2, 0.25) is 0 Å². The van der Waals surface area contributed by atoms with Gasteiger partial charge in [-0.15, -0.1) is 0 Å². The summed E-state index contributed by atoms with van der Waals surface area (Å²) >= 11 is 0. The quantitative estimate of drug-likeness (QED) is 0.771. The van der Waals surface area contributed by atoms with Crippen molar-refractivity contribution in [2.45, 2.75) is 57.9 Å². The normalized spacial score (nSPS) is 17.7. The standard InChI is InChI=1S/C18H27N/c1-15-9-7-8-10-16(15)13-14-18(19-2)17-11-5-3-4-6-12-17/h7-11,18-19H,3-6,12-14H2,1-2H3. The largest absolute Gasteiger partial charge is 0.313 e. The molecule has 0 amide bonds. The smallest absolute Gasteiger partial charge is 0.0279 e. The fraction of sp³-hybridized carbons (Fsp3) is 0.556. The number of nitrogens with one attached hydrogen (secondary N) is 1. The molecule has 1 atom stereocenters. The SMILES string of the molecule is CNC(CCc1ccccc1C)C1=CCCCCC1. The van der Waals surface area contributed by atoms with Gasteiger partial charge in [-0.2, -0.15) is 0 Å². The molecule has 1 N–H and O–H groups in total. The highest BCUT2D eigenvalue weighted by Gasteiger charge is 2.14. The number of allylic oxidation sites excluding steroid dienone is 1. The first-order chi connectivity index (χ1) is 9.31. The highest BCUT2D eigenvalue weighted by atomic mass is 14.9. The van der Waals surface area contributed by atoms with Crippen LogP contribution in [0.3, 0.4) is 0 Å². The molecule has 1 aromatic rings. The molecule has 0 aliphatic heterocycles. The van der Waals surface area contributed by atoms with E-state index >= 15 is 0 Å².